The zero-order valence-corrected chi connectivity index (χ0v) is 9.21. The van der Waals surface area contributed by atoms with Crippen molar-refractivity contribution in [2.24, 2.45) is 0 Å². The number of nitrogen functional groups attached to an aromatic ring is 1. The van der Waals surface area contributed by atoms with E-state index < -0.39 is 0 Å². The summed E-state index contributed by atoms with van der Waals surface area (Å²) in [5.41, 5.74) is 6.78. The molecule has 0 fully saturated rings. The Morgan fingerprint density at radius 3 is 2.93 bits per heavy atom. The summed E-state index contributed by atoms with van der Waals surface area (Å²) in [5.74, 6) is 0.162. The number of hydrogen-bond donors (Lipinski definition) is 2. The summed E-state index contributed by atoms with van der Waals surface area (Å²) in [4.78, 5) is 12.0. The van der Waals surface area contributed by atoms with Gasteiger partial charge in [0.1, 0.15) is 0 Å². The highest BCUT2D eigenvalue weighted by atomic mass is 32.2. The third-order valence-corrected chi connectivity index (χ3v) is 2.83. The molecular formula is C10H13NO3S. The minimum Gasteiger partial charge on any atom is -0.465 e. The summed E-state index contributed by atoms with van der Waals surface area (Å²) in [6, 6.07) is 4.94. The number of thioether (sulfide) groups is 1. The Morgan fingerprint density at radius 1 is 1.60 bits per heavy atom. The third-order valence-electron chi connectivity index (χ3n) is 1.78. The van der Waals surface area contributed by atoms with E-state index in [1.54, 1.807) is 18.2 Å². The number of anilines is 1. The van der Waals surface area contributed by atoms with Gasteiger partial charge in [0.2, 0.25) is 0 Å². The van der Waals surface area contributed by atoms with Crippen molar-refractivity contribution in [3.05, 3.63) is 23.8 Å². The molecule has 0 aliphatic carbocycles. The molecule has 82 valence electrons. The fourth-order valence-corrected chi connectivity index (χ4v) is 1.82. The number of nitrogens with two attached hydrogens (primary N) is 1. The van der Waals surface area contributed by atoms with E-state index in [0.29, 0.717) is 17.0 Å². The Bertz CT molecular complexity index is 355. The van der Waals surface area contributed by atoms with Crippen molar-refractivity contribution in [2.45, 2.75) is 4.90 Å². The van der Waals surface area contributed by atoms with E-state index in [1.807, 2.05) is 0 Å². The minimum atomic E-state index is -0.388. The SMILES string of the molecule is COC(=O)c1ccc(N)c(SCCO)c1. The molecule has 0 heterocycles. The second kappa shape index (κ2) is 5.63. The van der Waals surface area contributed by atoms with Crippen LogP contribution in [-0.2, 0) is 4.74 Å². The Morgan fingerprint density at radius 2 is 2.33 bits per heavy atom. The van der Waals surface area contributed by atoms with Crippen LogP contribution in [-0.4, -0.2) is 30.5 Å². The first-order valence-corrected chi connectivity index (χ1v) is 5.39. The molecule has 0 spiro atoms. The highest BCUT2D eigenvalue weighted by Gasteiger charge is 2.08. The lowest BCUT2D eigenvalue weighted by molar-refractivity contribution is 0.0600. The van der Waals surface area contributed by atoms with Crippen molar-refractivity contribution < 1.29 is 14.6 Å². The predicted octanol–water partition coefficient (Wildman–Crippen LogP) is 1.14. The van der Waals surface area contributed by atoms with Gasteiger partial charge in [-0.15, -0.1) is 11.8 Å². The first-order chi connectivity index (χ1) is 7.19. The molecule has 15 heavy (non-hydrogen) atoms. The molecule has 0 saturated carbocycles. The fourth-order valence-electron chi connectivity index (χ4n) is 1.06. The Labute approximate surface area is 92.4 Å². The molecule has 0 bridgehead atoms. The van der Waals surface area contributed by atoms with Crippen LogP contribution in [0.5, 0.6) is 0 Å². The van der Waals surface area contributed by atoms with Gasteiger partial charge in [0, 0.05) is 16.3 Å². The van der Waals surface area contributed by atoms with Crippen molar-refractivity contribution in [2.75, 3.05) is 25.2 Å². The smallest absolute Gasteiger partial charge is 0.337 e. The number of aliphatic hydroxyl groups excluding tert-OH is 1. The standard InChI is InChI=1S/C10H13NO3S/c1-14-10(13)7-2-3-8(11)9(6-7)15-5-4-12/h2-3,6,12H,4-5,11H2,1H3. The largest absolute Gasteiger partial charge is 0.465 e. The van der Waals surface area contributed by atoms with E-state index in [-0.39, 0.29) is 12.6 Å². The van der Waals surface area contributed by atoms with Crippen LogP contribution < -0.4 is 5.73 Å². The van der Waals surface area contributed by atoms with Gasteiger partial charge in [0.25, 0.3) is 0 Å². The lowest BCUT2D eigenvalue weighted by Gasteiger charge is -2.06. The van der Waals surface area contributed by atoms with Crippen molar-refractivity contribution >= 4 is 23.4 Å². The number of ether oxygens (including phenoxy) is 1. The van der Waals surface area contributed by atoms with Crippen LogP contribution in [0.1, 0.15) is 10.4 Å². The molecular weight excluding hydrogens is 214 g/mol. The molecule has 0 atom stereocenters. The maximum atomic E-state index is 11.2. The lowest BCUT2D eigenvalue weighted by Crippen LogP contribution is -2.02. The number of esters is 1. The Kier molecular flexibility index (Phi) is 4.45. The molecule has 1 aromatic carbocycles. The monoisotopic (exact) mass is 227 g/mol. The zero-order chi connectivity index (χ0) is 11.3. The van der Waals surface area contributed by atoms with Crippen molar-refractivity contribution in [3.63, 3.8) is 0 Å². The van der Waals surface area contributed by atoms with Crippen LogP contribution in [0.2, 0.25) is 0 Å². The first kappa shape index (κ1) is 11.9. The quantitative estimate of drug-likeness (QED) is 0.458. The number of benzene rings is 1. The minimum absolute atomic E-state index is 0.0760. The maximum Gasteiger partial charge on any atom is 0.337 e. The number of aliphatic hydroxyl groups is 1. The van der Waals surface area contributed by atoms with E-state index in [2.05, 4.69) is 4.74 Å². The second-order valence-electron chi connectivity index (χ2n) is 2.82. The number of rotatable bonds is 4. The molecule has 0 amide bonds. The van der Waals surface area contributed by atoms with Gasteiger partial charge >= 0.3 is 5.97 Å². The molecule has 0 unspecified atom stereocenters. The number of carbonyl (C=O) groups is 1. The van der Waals surface area contributed by atoms with Gasteiger partial charge in [-0.2, -0.15) is 0 Å². The molecule has 0 saturated heterocycles. The maximum absolute atomic E-state index is 11.2. The molecule has 0 aromatic heterocycles. The summed E-state index contributed by atoms with van der Waals surface area (Å²) >= 11 is 1.41. The molecule has 4 nitrogen and oxygen atoms in total. The highest BCUT2D eigenvalue weighted by Crippen LogP contribution is 2.26. The van der Waals surface area contributed by atoms with Gasteiger partial charge in [0.15, 0.2) is 0 Å². The summed E-state index contributed by atoms with van der Waals surface area (Å²) < 4.78 is 4.60. The average molecular weight is 227 g/mol. The van der Waals surface area contributed by atoms with Crippen LogP contribution >= 0.6 is 11.8 Å². The van der Waals surface area contributed by atoms with Crippen molar-refractivity contribution in [3.8, 4) is 0 Å². The topological polar surface area (TPSA) is 72.5 Å². The lowest BCUT2D eigenvalue weighted by atomic mass is 10.2. The normalized spacial score (nSPS) is 10.0. The van der Waals surface area contributed by atoms with Gasteiger partial charge in [0.05, 0.1) is 19.3 Å². The molecule has 1 rings (SSSR count). The molecule has 5 heteroatoms. The van der Waals surface area contributed by atoms with Gasteiger partial charge in [-0.05, 0) is 18.2 Å². The van der Waals surface area contributed by atoms with E-state index in [1.165, 1.54) is 18.9 Å². The molecule has 1 aromatic rings. The van der Waals surface area contributed by atoms with Crippen LogP contribution in [0, 0.1) is 0 Å². The summed E-state index contributed by atoms with van der Waals surface area (Å²) in [6.45, 7) is 0.0760. The van der Waals surface area contributed by atoms with Crippen LogP contribution in [0.25, 0.3) is 0 Å². The van der Waals surface area contributed by atoms with E-state index >= 15 is 0 Å². The summed E-state index contributed by atoms with van der Waals surface area (Å²) in [5, 5.41) is 8.69. The molecule has 0 radical (unpaired) electrons. The first-order valence-electron chi connectivity index (χ1n) is 4.40. The van der Waals surface area contributed by atoms with E-state index in [9.17, 15) is 4.79 Å². The van der Waals surface area contributed by atoms with Gasteiger partial charge in [-0.3, -0.25) is 0 Å². The van der Waals surface area contributed by atoms with Crippen molar-refractivity contribution in [1.82, 2.24) is 0 Å². The van der Waals surface area contributed by atoms with E-state index in [4.69, 9.17) is 10.8 Å². The number of carbonyl (C=O) groups excluding carboxylic acids is 1. The Balaban J connectivity index is 2.89. The Hall–Kier alpha value is -1.20. The van der Waals surface area contributed by atoms with E-state index in [0.717, 1.165) is 4.90 Å². The zero-order valence-electron chi connectivity index (χ0n) is 8.40. The molecule has 0 aliphatic heterocycles. The van der Waals surface area contributed by atoms with Gasteiger partial charge in [-0.25, -0.2) is 4.79 Å². The van der Waals surface area contributed by atoms with Crippen LogP contribution in [0.3, 0.4) is 0 Å². The van der Waals surface area contributed by atoms with Crippen LogP contribution in [0.15, 0.2) is 23.1 Å². The molecule has 0 aliphatic rings. The number of methoxy groups -OCH3 is 1. The second-order valence-corrected chi connectivity index (χ2v) is 3.95. The highest BCUT2D eigenvalue weighted by molar-refractivity contribution is 7.99. The molecule has 3 N–H and O–H groups in total. The van der Waals surface area contributed by atoms with Crippen LogP contribution in [0.4, 0.5) is 5.69 Å². The average Bonchev–Trinajstić information content (AvgIpc) is 2.27. The van der Waals surface area contributed by atoms with Gasteiger partial charge in [-0.1, -0.05) is 0 Å². The summed E-state index contributed by atoms with van der Waals surface area (Å²) in [7, 11) is 1.33. The summed E-state index contributed by atoms with van der Waals surface area (Å²) in [6.07, 6.45) is 0. The number of hydrogen-bond acceptors (Lipinski definition) is 5. The van der Waals surface area contributed by atoms with Crippen molar-refractivity contribution in [1.29, 1.82) is 0 Å². The third kappa shape index (κ3) is 3.14. The predicted molar refractivity (Wildman–Crippen MR) is 60.0 cm³/mol. The van der Waals surface area contributed by atoms with Gasteiger partial charge < -0.3 is 15.6 Å². The fraction of sp³-hybridized carbons (Fsp3) is 0.300.